The van der Waals surface area contributed by atoms with Crippen molar-refractivity contribution >= 4 is 17.4 Å². The lowest BCUT2D eigenvalue weighted by Crippen LogP contribution is -2.05. The molecule has 54 valence electrons. The van der Waals surface area contributed by atoms with Crippen LogP contribution in [0.1, 0.15) is 19.3 Å². The monoisotopic (exact) mass is 153 g/mol. The number of nitrogens with zero attached hydrogens (tertiary/aromatic N) is 1. The van der Waals surface area contributed by atoms with E-state index in [4.69, 9.17) is 0 Å². The van der Waals surface area contributed by atoms with Crippen LogP contribution in [0.2, 0.25) is 0 Å². The summed E-state index contributed by atoms with van der Waals surface area (Å²) in [5, 5.41) is 2.40. The highest BCUT2D eigenvalue weighted by molar-refractivity contribution is 7.78. The lowest BCUT2D eigenvalue weighted by Gasteiger charge is -2.13. The molecule has 0 aromatic carbocycles. The summed E-state index contributed by atoms with van der Waals surface area (Å²) in [7, 11) is 0. The van der Waals surface area contributed by atoms with Gasteiger partial charge in [-0.3, -0.25) is 0 Å². The van der Waals surface area contributed by atoms with Crippen molar-refractivity contribution in [3.8, 4) is 0 Å². The Labute approximate surface area is 66.9 Å². The Hall–Kier alpha value is -0.460. The third kappa shape index (κ3) is 2.42. The number of hydrogen-bond acceptors (Lipinski definition) is 2. The second-order valence-corrected chi connectivity index (χ2v) is 2.77. The maximum atomic E-state index is 4.49. The van der Waals surface area contributed by atoms with E-state index in [0.717, 1.165) is 12.5 Å². The first-order chi connectivity index (χ1) is 4.93. The summed E-state index contributed by atoms with van der Waals surface area (Å²) in [6.45, 7) is 0.869. The summed E-state index contributed by atoms with van der Waals surface area (Å²) in [4.78, 5) is 3.93. The summed E-state index contributed by atoms with van der Waals surface area (Å²) in [6.07, 6.45) is 8.10. The Bertz CT molecular complexity index is 168. The molecule has 0 amide bonds. The first kappa shape index (κ1) is 7.64. The van der Waals surface area contributed by atoms with Gasteiger partial charge in [0.05, 0.1) is 11.7 Å². The molecular formula is C8H11NS. The van der Waals surface area contributed by atoms with Crippen LogP contribution in [0.5, 0.6) is 0 Å². The smallest absolute Gasteiger partial charge is 0.0585 e. The fourth-order valence-corrected chi connectivity index (χ4v) is 1.26. The lowest BCUT2D eigenvalue weighted by molar-refractivity contribution is 0.493. The molecule has 1 aliphatic rings. The van der Waals surface area contributed by atoms with E-state index in [1.807, 2.05) is 0 Å². The first-order valence-electron chi connectivity index (χ1n) is 3.62. The third-order valence-corrected chi connectivity index (χ3v) is 1.92. The molecule has 1 rings (SSSR count). The van der Waals surface area contributed by atoms with Crippen molar-refractivity contribution in [1.29, 1.82) is 0 Å². The predicted octanol–water partition coefficient (Wildman–Crippen LogP) is 2.45. The number of allylic oxidation sites excluding steroid dienone is 2. The number of thiocarbonyl (C=S) groups is 1. The van der Waals surface area contributed by atoms with Crippen LogP contribution in [0.15, 0.2) is 17.1 Å². The Morgan fingerprint density at radius 3 is 3.10 bits per heavy atom. The van der Waals surface area contributed by atoms with E-state index in [9.17, 15) is 0 Å². The van der Waals surface area contributed by atoms with Gasteiger partial charge in [0.2, 0.25) is 0 Å². The molecule has 1 unspecified atom stereocenters. The number of isothiocyanates is 1. The van der Waals surface area contributed by atoms with Gasteiger partial charge >= 0.3 is 0 Å². The quantitative estimate of drug-likeness (QED) is 0.337. The van der Waals surface area contributed by atoms with E-state index in [2.05, 4.69) is 34.5 Å². The normalized spacial score (nSPS) is 23.8. The van der Waals surface area contributed by atoms with Gasteiger partial charge in [-0.1, -0.05) is 12.2 Å². The molecule has 0 spiro atoms. The lowest BCUT2D eigenvalue weighted by atomic mass is 9.95. The molecule has 0 aromatic rings. The van der Waals surface area contributed by atoms with Crippen LogP contribution in [-0.4, -0.2) is 11.7 Å². The number of rotatable bonds is 2. The van der Waals surface area contributed by atoms with Crippen molar-refractivity contribution < 1.29 is 0 Å². The van der Waals surface area contributed by atoms with E-state index in [-0.39, 0.29) is 0 Å². The minimum absolute atomic E-state index is 0.723. The molecule has 1 aliphatic carbocycles. The van der Waals surface area contributed by atoms with Gasteiger partial charge in [0, 0.05) is 0 Å². The first-order valence-corrected chi connectivity index (χ1v) is 4.03. The molecule has 0 aromatic heterocycles. The Balaban J connectivity index is 2.28. The summed E-state index contributed by atoms with van der Waals surface area (Å²) in [5.41, 5.74) is 0. The zero-order chi connectivity index (χ0) is 7.23. The minimum Gasteiger partial charge on any atom is -0.232 e. The van der Waals surface area contributed by atoms with E-state index < -0.39 is 0 Å². The van der Waals surface area contributed by atoms with Crippen molar-refractivity contribution in [1.82, 2.24) is 0 Å². The molecule has 0 radical (unpaired) electrons. The Kier molecular flexibility index (Phi) is 3.34. The van der Waals surface area contributed by atoms with Crippen molar-refractivity contribution in [2.24, 2.45) is 10.9 Å². The van der Waals surface area contributed by atoms with Crippen LogP contribution < -0.4 is 0 Å². The maximum Gasteiger partial charge on any atom is 0.0585 e. The summed E-state index contributed by atoms with van der Waals surface area (Å²) in [6, 6.07) is 0. The zero-order valence-corrected chi connectivity index (χ0v) is 6.73. The van der Waals surface area contributed by atoms with Crippen LogP contribution in [0.25, 0.3) is 0 Å². The van der Waals surface area contributed by atoms with Crippen LogP contribution in [0, 0.1) is 5.92 Å². The molecule has 1 atom stereocenters. The van der Waals surface area contributed by atoms with Gasteiger partial charge in [0.1, 0.15) is 0 Å². The highest BCUT2D eigenvalue weighted by atomic mass is 32.1. The van der Waals surface area contributed by atoms with Crippen molar-refractivity contribution in [2.75, 3.05) is 6.54 Å². The van der Waals surface area contributed by atoms with Gasteiger partial charge in [-0.25, -0.2) is 4.99 Å². The van der Waals surface area contributed by atoms with E-state index in [1.165, 1.54) is 19.3 Å². The maximum absolute atomic E-state index is 4.49. The molecule has 0 aliphatic heterocycles. The summed E-state index contributed by atoms with van der Waals surface area (Å²) in [5.74, 6) is 0.723. The third-order valence-electron chi connectivity index (χ3n) is 1.79. The standard InChI is InChI=1S/C8H11NS/c10-7-9-6-8-4-2-1-3-5-8/h1-2,8H,3-6H2. The van der Waals surface area contributed by atoms with Gasteiger partial charge < -0.3 is 0 Å². The van der Waals surface area contributed by atoms with Crippen LogP contribution in [0.4, 0.5) is 0 Å². The van der Waals surface area contributed by atoms with Crippen molar-refractivity contribution in [3.63, 3.8) is 0 Å². The van der Waals surface area contributed by atoms with E-state index in [0.29, 0.717) is 0 Å². The highest BCUT2D eigenvalue weighted by Gasteiger charge is 2.07. The minimum atomic E-state index is 0.723. The van der Waals surface area contributed by atoms with E-state index in [1.54, 1.807) is 0 Å². The molecule has 0 saturated heterocycles. The molecular weight excluding hydrogens is 142 g/mol. The molecule has 0 bridgehead atoms. The van der Waals surface area contributed by atoms with Gasteiger partial charge in [-0.2, -0.15) is 0 Å². The summed E-state index contributed by atoms with van der Waals surface area (Å²) >= 11 is 4.49. The van der Waals surface area contributed by atoms with Gasteiger partial charge in [0.25, 0.3) is 0 Å². The second kappa shape index (κ2) is 4.37. The molecule has 0 fully saturated rings. The molecule has 0 saturated carbocycles. The number of hydrogen-bond donors (Lipinski definition) is 0. The average molecular weight is 153 g/mol. The Morgan fingerprint density at radius 2 is 2.50 bits per heavy atom. The highest BCUT2D eigenvalue weighted by Crippen LogP contribution is 2.17. The second-order valence-electron chi connectivity index (χ2n) is 2.58. The van der Waals surface area contributed by atoms with E-state index >= 15 is 0 Å². The van der Waals surface area contributed by atoms with Crippen molar-refractivity contribution in [3.05, 3.63) is 12.2 Å². The largest absolute Gasteiger partial charge is 0.232 e. The molecule has 2 heteroatoms. The predicted molar refractivity (Wildman–Crippen MR) is 46.4 cm³/mol. The fourth-order valence-electron chi connectivity index (χ4n) is 1.19. The SMILES string of the molecule is S=C=NCC1CC=CCC1. The Morgan fingerprint density at radius 1 is 1.60 bits per heavy atom. The van der Waals surface area contributed by atoms with Gasteiger partial charge in [-0.15, -0.1) is 0 Å². The topological polar surface area (TPSA) is 12.4 Å². The fraction of sp³-hybridized carbons (Fsp3) is 0.625. The van der Waals surface area contributed by atoms with Gasteiger partial charge in [0.15, 0.2) is 0 Å². The number of aliphatic imine (C=N–C) groups is 1. The molecule has 0 N–H and O–H groups in total. The average Bonchev–Trinajstić information content (AvgIpc) is 2.03. The van der Waals surface area contributed by atoms with Gasteiger partial charge in [-0.05, 0) is 37.4 Å². The molecule has 10 heavy (non-hydrogen) atoms. The zero-order valence-electron chi connectivity index (χ0n) is 5.92. The van der Waals surface area contributed by atoms with Crippen LogP contribution in [0.3, 0.4) is 0 Å². The summed E-state index contributed by atoms with van der Waals surface area (Å²) < 4.78 is 0. The van der Waals surface area contributed by atoms with Crippen molar-refractivity contribution in [2.45, 2.75) is 19.3 Å². The molecule has 1 nitrogen and oxygen atoms in total. The van der Waals surface area contributed by atoms with Crippen LogP contribution in [-0.2, 0) is 0 Å². The molecule has 0 heterocycles. The van der Waals surface area contributed by atoms with Crippen LogP contribution >= 0.6 is 12.2 Å².